The smallest absolute Gasteiger partial charge is 0.342 e. The van der Waals surface area contributed by atoms with Crippen LogP contribution in [0.2, 0.25) is 0 Å². The fourth-order valence-electron chi connectivity index (χ4n) is 2.47. The minimum absolute atomic E-state index is 0.0204. The second-order valence-corrected chi connectivity index (χ2v) is 6.64. The highest BCUT2D eigenvalue weighted by Crippen LogP contribution is 2.29. The lowest BCUT2D eigenvalue weighted by atomic mass is 10.1. The summed E-state index contributed by atoms with van der Waals surface area (Å²) in [6.45, 7) is 1.48. The fourth-order valence-corrected chi connectivity index (χ4v) is 2.74. The number of phenols is 1. The van der Waals surface area contributed by atoms with Crippen molar-refractivity contribution in [3.63, 3.8) is 0 Å². The molecule has 3 rings (SSSR count). The molecule has 1 amide bonds. The highest BCUT2D eigenvalue weighted by atomic mass is 79.9. The van der Waals surface area contributed by atoms with Crippen LogP contribution >= 0.6 is 15.9 Å². The van der Waals surface area contributed by atoms with Crippen LogP contribution < -0.4 is 5.32 Å². The average Bonchev–Trinajstić information content (AvgIpc) is 2.64. The number of carbonyl (C=O) groups excluding carboxylic acids is 2. The van der Waals surface area contributed by atoms with E-state index in [-0.39, 0.29) is 11.3 Å². The number of rotatable bonds is 4. The van der Waals surface area contributed by atoms with Gasteiger partial charge in [0.15, 0.2) is 6.10 Å². The molecule has 0 radical (unpaired) electrons. The number of aromatic hydroxyl groups is 1. The van der Waals surface area contributed by atoms with Crippen molar-refractivity contribution in [1.82, 2.24) is 0 Å². The molecule has 3 aromatic carbocycles. The van der Waals surface area contributed by atoms with Crippen molar-refractivity contribution >= 4 is 44.3 Å². The molecular formula is C20H16BrNO4. The van der Waals surface area contributed by atoms with E-state index in [1.165, 1.54) is 13.0 Å². The maximum absolute atomic E-state index is 12.4. The lowest BCUT2D eigenvalue weighted by Gasteiger charge is -2.14. The lowest BCUT2D eigenvalue weighted by Crippen LogP contribution is -2.30. The summed E-state index contributed by atoms with van der Waals surface area (Å²) in [5.41, 5.74) is 0.613. The zero-order valence-electron chi connectivity index (χ0n) is 13.9. The molecule has 0 aliphatic carbocycles. The molecule has 6 heteroatoms. The zero-order valence-corrected chi connectivity index (χ0v) is 15.5. The summed E-state index contributed by atoms with van der Waals surface area (Å²) in [6.07, 6.45) is -1.02. The molecule has 1 atom stereocenters. The number of hydrogen-bond acceptors (Lipinski definition) is 4. The van der Waals surface area contributed by atoms with E-state index in [1.807, 2.05) is 12.1 Å². The van der Waals surface area contributed by atoms with Crippen LogP contribution in [0.15, 0.2) is 65.1 Å². The summed E-state index contributed by atoms with van der Waals surface area (Å²) >= 11 is 3.32. The Hall–Kier alpha value is -2.86. The van der Waals surface area contributed by atoms with E-state index in [2.05, 4.69) is 21.2 Å². The number of amides is 1. The van der Waals surface area contributed by atoms with Crippen molar-refractivity contribution in [3.05, 3.63) is 70.7 Å². The number of anilines is 1. The van der Waals surface area contributed by atoms with Crippen molar-refractivity contribution in [2.45, 2.75) is 13.0 Å². The summed E-state index contributed by atoms with van der Waals surface area (Å²) in [6, 6.07) is 17.4. The van der Waals surface area contributed by atoms with Gasteiger partial charge in [-0.05, 0) is 42.6 Å². The number of hydrogen-bond donors (Lipinski definition) is 2. The van der Waals surface area contributed by atoms with E-state index < -0.39 is 18.0 Å². The molecule has 2 N–H and O–H groups in total. The van der Waals surface area contributed by atoms with Gasteiger partial charge in [-0.25, -0.2) is 4.79 Å². The molecule has 0 unspecified atom stereocenters. The lowest BCUT2D eigenvalue weighted by molar-refractivity contribution is -0.123. The maximum Gasteiger partial charge on any atom is 0.342 e. The molecule has 0 spiro atoms. The Kier molecular flexibility index (Phi) is 5.23. The van der Waals surface area contributed by atoms with Crippen LogP contribution in [0, 0.1) is 0 Å². The van der Waals surface area contributed by atoms with Crippen LogP contribution in [-0.4, -0.2) is 23.1 Å². The van der Waals surface area contributed by atoms with E-state index in [1.54, 1.807) is 42.5 Å². The molecule has 0 aliphatic heterocycles. The van der Waals surface area contributed by atoms with Gasteiger partial charge in [-0.15, -0.1) is 0 Å². The van der Waals surface area contributed by atoms with Crippen LogP contribution in [0.1, 0.15) is 17.3 Å². The Morgan fingerprint density at radius 3 is 2.46 bits per heavy atom. The first-order valence-electron chi connectivity index (χ1n) is 7.94. The highest BCUT2D eigenvalue weighted by Gasteiger charge is 2.22. The minimum Gasteiger partial charge on any atom is -0.506 e. The van der Waals surface area contributed by atoms with E-state index in [9.17, 15) is 14.7 Å². The van der Waals surface area contributed by atoms with Crippen molar-refractivity contribution in [3.8, 4) is 5.75 Å². The van der Waals surface area contributed by atoms with E-state index in [0.717, 1.165) is 9.86 Å². The van der Waals surface area contributed by atoms with E-state index in [4.69, 9.17) is 4.74 Å². The Morgan fingerprint density at radius 2 is 1.73 bits per heavy atom. The third-order valence-electron chi connectivity index (χ3n) is 3.89. The second-order valence-electron chi connectivity index (χ2n) is 5.73. The monoisotopic (exact) mass is 413 g/mol. The summed E-state index contributed by atoms with van der Waals surface area (Å²) in [5, 5.41) is 14.4. The first-order chi connectivity index (χ1) is 12.5. The molecule has 0 saturated heterocycles. The number of phenolic OH excluding ortho intramolecular Hbond substituents is 1. The molecule has 0 aromatic heterocycles. The second kappa shape index (κ2) is 7.58. The SMILES string of the molecule is C[C@@H](OC(=O)c1ccc2ccccc2c1O)C(=O)Nc1ccc(Br)cc1. The topological polar surface area (TPSA) is 75.6 Å². The number of esters is 1. The molecule has 0 saturated carbocycles. The van der Waals surface area contributed by atoms with Gasteiger partial charge >= 0.3 is 5.97 Å². The standard InChI is InChI=1S/C20H16BrNO4/c1-12(19(24)22-15-9-7-14(21)8-10-15)26-20(25)17-11-6-13-4-2-3-5-16(13)18(17)23/h2-12,23H,1H3,(H,22,24)/t12-/m1/s1. The largest absolute Gasteiger partial charge is 0.506 e. The van der Waals surface area contributed by atoms with Crippen LogP contribution in [-0.2, 0) is 9.53 Å². The fraction of sp³-hybridized carbons (Fsp3) is 0.100. The van der Waals surface area contributed by atoms with E-state index in [0.29, 0.717) is 11.1 Å². The molecular weight excluding hydrogens is 398 g/mol. The van der Waals surface area contributed by atoms with Gasteiger partial charge in [0.25, 0.3) is 5.91 Å². The quantitative estimate of drug-likeness (QED) is 0.617. The number of fused-ring (bicyclic) bond motifs is 1. The zero-order chi connectivity index (χ0) is 18.7. The summed E-state index contributed by atoms with van der Waals surface area (Å²) in [5.74, 6) is -1.37. The Morgan fingerprint density at radius 1 is 1.04 bits per heavy atom. The van der Waals surface area contributed by atoms with Crippen molar-refractivity contribution in [2.24, 2.45) is 0 Å². The third-order valence-corrected chi connectivity index (χ3v) is 4.41. The summed E-state index contributed by atoms with van der Waals surface area (Å²) in [7, 11) is 0. The first-order valence-corrected chi connectivity index (χ1v) is 8.73. The summed E-state index contributed by atoms with van der Waals surface area (Å²) in [4.78, 5) is 24.6. The van der Waals surface area contributed by atoms with Gasteiger partial charge < -0.3 is 15.2 Å². The van der Waals surface area contributed by atoms with Gasteiger partial charge in [0.1, 0.15) is 11.3 Å². The van der Waals surface area contributed by atoms with Crippen LogP contribution in [0.3, 0.4) is 0 Å². The van der Waals surface area contributed by atoms with Crippen molar-refractivity contribution in [2.75, 3.05) is 5.32 Å². The highest BCUT2D eigenvalue weighted by molar-refractivity contribution is 9.10. The molecule has 0 fully saturated rings. The number of benzene rings is 3. The molecule has 0 heterocycles. The molecule has 0 aliphatic rings. The van der Waals surface area contributed by atoms with Crippen molar-refractivity contribution < 1.29 is 19.4 Å². The average molecular weight is 414 g/mol. The molecule has 26 heavy (non-hydrogen) atoms. The third kappa shape index (κ3) is 3.86. The van der Waals surface area contributed by atoms with Gasteiger partial charge in [0.2, 0.25) is 0 Å². The van der Waals surface area contributed by atoms with Gasteiger partial charge in [0.05, 0.1) is 0 Å². The Bertz CT molecular complexity index is 969. The minimum atomic E-state index is -1.02. The molecule has 3 aromatic rings. The number of halogens is 1. The van der Waals surface area contributed by atoms with Gasteiger partial charge in [-0.2, -0.15) is 0 Å². The first kappa shape index (κ1) is 17.9. The molecule has 132 valence electrons. The van der Waals surface area contributed by atoms with E-state index >= 15 is 0 Å². The number of nitrogens with one attached hydrogen (secondary N) is 1. The Labute approximate surface area is 158 Å². The van der Waals surface area contributed by atoms with Crippen LogP contribution in [0.5, 0.6) is 5.75 Å². The number of ether oxygens (including phenoxy) is 1. The van der Waals surface area contributed by atoms with Gasteiger partial charge in [0, 0.05) is 15.5 Å². The van der Waals surface area contributed by atoms with Crippen molar-refractivity contribution in [1.29, 1.82) is 0 Å². The van der Waals surface area contributed by atoms with Crippen LogP contribution in [0.25, 0.3) is 10.8 Å². The predicted octanol–water partition coefficient (Wildman–Crippen LogP) is 4.49. The predicted molar refractivity (Wildman–Crippen MR) is 103 cm³/mol. The van der Waals surface area contributed by atoms with Gasteiger partial charge in [-0.1, -0.05) is 46.3 Å². The molecule has 0 bridgehead atoms. The van der Waals surface area contributed by atoms with Gasteiger partial charge in [-0.3, -0.25) is 4.79 Å². The molecule has 5 nitrogen and oxygen atoms in total. The maximum atomic E-state index is 12.4. The Balaban J connectivity index is 1.71. The van der Waals surface area contributed by atoms with Crippen LogP contribution in [0.4, 0.5) is 5.69 Å². The number of carbonyl (C=O) groups is 2. The summed E-state index contributed by atoms with van der Waals surface area (Å²) < 4.78 is 6.09. The normalized spacial score (nSPS) is 11.8.